The highest BCUT2D eigenvalue weighted by Crippen LogP contribution is 2.31. The lowest BCUT2D eigenvalue weighted by molar-refractivity contribution is 0.187. The first-order valence-electron chi connectivity index (χ1n) is 7.21. The van der Waals surface area contributed by atoms with Crippen molar-refractivity contribution in [1.82, 2.24) is 10.2 Å². The Morgan fingerprint density at radius 3 is 2.69 bits per heavy atom. The molecule has 1 saturated carbocycles. The van der Waals surface area contributed by atoms with Crippen LogP contribution < -0.4 is 5.32 Å². The molecule has 0 amide bonds. The fourth-order valence-electron chi connectivity index (χ4n) is 3.33. The molecule has 2 aliphatic rings. The molecule has 1 atom stereocenters. The molecule has 0 aromatic heterocycles. The molecule has 2 rings (SSSR count). The van der Waals surface area contributed by atoms with Crippen molar-refractivity contribution in [3.8, 4) is 0 Å². The van der Waals surface area contributed by atoms with E-state index < -0.39 is 0 Å². The summed E-state index contributed by atoms with van der Waals surface area (Å²) in [5.74, 6) is 0.858. The second-order valence-electron chi connectivity index (χ2n) is 6.02. The van der Waals surface area contributed by atoms with E-state index in [1.165, 1.54) is 64.7 Å². The predicted molar refractivity (Wildman–Crippen MR) is 69.7 cm³/mol. The molecule has 94 valence electrons. The van der Waals surface area contributed by atoms with Crippen LogP contribution in [0.4, 0.5) is 0 Å². The van der Waals surface area contributed by atoms with Gasteiger partial charge in [0.05, 0.1) is 0 Å². The molecule has 1 spiro atoms. The van der Waals surface area contributed by atoms with Crippen LogP contribution in [0.2, 0.25) is 0 Å². The number of rotatable bonds is 3. The molecule has 1 heterocycles. The largest absolute Gasteiger partial charge is 0.310 e. The van der Waals surface area contributed by atoms with E-state index in [0.717, 1.165) is 5.92 Å². The maximum atomic E-state index is 3.84. The Kier molecular flexibility index (Phi) is 4.26. The SMILES string of the molecule is CCC(C)CN1CCCNC2(CCCC2)C1. The third-order valence-corrected chi connectivity index (χ3v) is 4.50. The van der Waals surface area contributed by atoms with Crippen LogP contribution in [0.3, 0.4) is 0 Å². The van der Waals surface area contributed by atoms with E-state index in [1.54, 1.807) is 0 Å². The summed E-state index contributed by atoms with van der Waals surface area (Å²) in [7, 11) is 0. The van der Waals surface area contributed by atoms with E-state index in [0.29, 0.717) is 5.54 Å². The topological polar surface area (TPSA) is 15.3 Å². The Balaban J connectivity index is 1.92. The molecule has 1 aliphatic heterocycles. The molecule has 1 N–H and O–H groups in total. The maximum absolute atomic E-state index is 3.84. The zero-order chi connectivity index (χ0) is 11.4. The fraction of sp³-hybridized carbons (Fsp3) is 1.00. The zero-order valence-corrected chi connectivity index (χ0v) is 11.1. The molecule has 2 heteroatoms. The average molecular weight is 224 g/mol. The Labute approximate surface area is 101 Å². The van der Waals surface area contributed by atoms with Crippen LogP contribution in [0.5, 0.6) is 0 Å². The molecule has 0 aromatic carbocycles. The summed E-state index contributed by atoms with van der Waals surface area (Å²) in [4.78, 5) is 2.72. The predicted octanol–water partition coefficient (Wildman–Crippen LogP) is 2.64. The quantitative estimate of drug-likeness (QED) is 0.793. The lowest BCUT2D eigenvalue weighted by Crippen LogP contribution is -2.49. The fourth-order valence-corrected chi connectivity index (χ4v) is 3.33. The Hall–Kier alpha value is -0.0800. The van der Waals surface area contributed by atoms with Crippen molar-refractivity contribution in [2.75, 3.05) is 26.2 Å². The number of nitrogens with one attached hydrogen (secondary N) is 1. The standard InChI is InChI=1S/C14H28N2/c1-3-13(2)11-16-10-6-9-15-14(12-16)7-4-5-8-14/h13,15H,3-12H2,1-2H3. The average Bonchev–Trinajstić information content (AvgIpc) is 2.63. The molecule has 0 aromatic rings. The molecule has 1 unspecified atom stereocenters. The summed E-state index contributed by atoms with van der Waals surface area (Å²) in [5, 5.41) is 3.84. The van der Waals surface area contributed by atoms with E-state index in [-0.39, 0.29) is 0 Å². The normalized spacial score (nSPS) is 28.1. The molecular weight excluding hydrogens is 196 g/mol. The summed E-state index contributed by atoms with van der Waals surface area (Å²) in [6.07, 6.45) is 8.33. The summed E-state index contributed by atoms with van der Waals surface area (Å²) in [5.41, 5.74) is 0.490. The number of nitrogens with zero attached hydrogens (tertiary/aromatic N) is 1. The molecule has 2 nitrogen and oxygen atoms in total. The summed E-state index contributed by atoms with van der Waals surface area (Å²) in [6.45, 7) is 9.85. The molecule has 2 fully saturated rings. The third-order valence-electron chi connectivity index (χ3n) is 4.50. The van der Waals surface area contributed by atoms with Crippen LogP contribution >= 0.6 is 0 Å². The second-order valence-corrected chi connectivity index (χ2v) is 6.02. The van der Waals surface area contributed by atoms with Crippen LogP contribution in [0, 0.1) is 5.92 Å². The van der Waals surface area contributed by atoms with Gasteiger partial charge >= 0.3 is 0 Å². The minimum Gasteiger partial charge on any atom is -0.310 e. The highest BCUT2D eigenvalue weighted by atomic mass is 15.2. The molecule has 0 radical (unpaired) electrons. The zero-order valence-electron chi connectivity index (χ0n) is 11.1. The van der Waals surface area contributed by atoms with Gasteiger partial charge in [0, 0.05) is 18.6 Å². The molecule has 16 heavy (non-hydrogen) atoms. The van der Waals surface area contributed by atoms with Gasteiger partial charge in [-0.1, -0.05) is 33.1 Å². The van der Waals surface area contributed by atoms with Crippen molar-refractivity contribution in [3.05, 3.63) is 0 Å². The van der Waals surface area contributed by atoms with Crippen LogP contribution in [0.25, 0.3) is 0 Å². The first-order chi connectivity index (χ1) is 7.74. The van der Waals surface area contributed by atoms with Crippen molar-refractivity contribution >= 4 is 0 Å². The summed E-state index contributed by atoms with van der Waals surface area (Å²) >= 11 is 0. The van der Waals surface area contributed by atoms with E-state index in [9.17, 15) is 0 Å². The Bertz CT molecular complexity index is 209. The minimum absolute atomic E-state index is 0.490. The van der Waals surface area contributed by atoms with E-state index in [4.69, 9.17) is 0 Å². The monoisotopic (exact) mass is 224 g/mol. The van der Waals surface area contributed by atoms with Gasteiger partial charge < -0.3 is 10.2 Å². The van der Waals surface area contributed by atoms with Gasteiger partial charge in [-0.05, 0) is 38.3 Å². The first-order valence-corrected chi connectivity index (χ1v) is 7.21. The smallest absolute Gasteiger partial charge is 0.0308 e. The van der Waals surface area contributed by atoms with Crippen molar-refractivity contribution in [2.24, 2.45) is 5.92 Å². The van der Waals surface area contributed by atoms with Crippen LogP contribution in [0.1, 0.15) is 52.4 Å². The van der Waals surface area contributed by atoms with Gasteiger partial charge in [-0.25, -0.2) is 0 Å². The van der Waals surface area contributed by atoms with Gasteiger partial charge in [0.15, 0.2) is 0 Å². The highest BCUT2D eigenvalue weighted by molar-refractivity contribution is 4.96. The van der Waals surface area contributed by atoms with Crippen LogP contribution in [-0.2, 0) is 0 Å². The van der Waals surface area contributed by atoms with Crippen LogP contribution in [-0.4, -0.2) is 36.6 Å². The van der Waals surface area contributed by atoms with Gasteiger partial charge in [0.2, 0.25) is 0 Å². The van der Waals surface area contributed by atoms with E-state index >= 15 is 0 Å². The third kappa shape index (κ3) is 2.98. The Morgan fingerprint density at radius 1 is 1.25 bits per heavy atom. The second kappa shape index (κ2) is 5.50. The first kappa shape index (κ1) is 12.4. The molecular formula is C14H28N2. The van der Waals surface area contributed by atoms with Crippen molar-refractivity contribution in [3.63, 3.8) is 0 Å². The van der Waals surface area contributed by atoms with Gasteiger partial charge in [-0.2, -0.15) is 0 Å². The van der Waals surface area contributed by atoms with E-state index in [2.05, 4.69) is 24.1 Å². The molecule has 1 aliphatic carbocycles. The summed E-state index contributed by atoms with van der Waals surface area (Å²) < 4.78 is 0. The number of hydrogen-bond donors (Lipinski definition) is 1. The van der Waals surface area contributed by atoms with Crippen molar-refractivity contribution in [2.45, 2.75) is 57.9 Å². The van der Waals surface area contributed by atoms with E-state index in [1.807, 2.05) is 0 Å². The van der Waals surface area contributed by atoms with Crippen LogP contribution in [0.15, 0.2) is 0 Å². The highest BCUT2D eigenvalue weighted by Gasteiger charge is 2.36. The Morgan fingerprint density at radius 2 is 2.00 bits per heavy atom. The van der Waals surface area contributed by atoms with Crippen molar-refractivity contribution in [1.29, 1.82) is 0 Å². The minimum atomic E-state index is 0.490. The lowest BCUT2D eigenvalue weighted by atomic mass is 9.96. The number of hydrogen-bond acceptors (Lipinski definition) is 2. The van der Waals surface area contributed by atoms with Gasteiger partial charge in [0.25, 0.3) is 0 Å². The van der Waals surface area contributed by atoms with Crippen molar-refractivity contribution < 1.29 is 0 Å². The summed E-state index contributed by atoms with van der Waals surface area (Å²) in [6, 6.07) is 0. The van der Waals surface area contributed by atoms with Gasteiger partial charge in [-0.15, -0.1) is 0 Å². The maximum Gasteiger partial charge on any atom is 0.0308 e. The lowest BCUT2D eigenvalue weighted by Gasteiger charge is -2.34. The van der Waals surface area contributed by atoms with Gasteiger partial charge in [0.1, 0.15) is 0 Å². The van der Waals surface area contributed by atoms with Gasteiger partial charge in [-0.3, -0.25) is 0 Å². The molecule has 0 bridgehead atoms. The molecule has 1 saturated heterocycles.